The fraction of sp³-hybridized carbons (Fsp3) is 0.364. The number of likely N-dealkylation sites (N-methyl/N-ethyl adjacent to an activating group) is 1. The highest BCUT2D eigenvalue weighted by Crippen LogP contribution is 2.27. The Labute approximate surface area is 282 Å². The minimum Gasteiger partial charge on any atom is -0.445 e. The van der Waals surface area contributed by atoms with E-state index < -0.39 is 21.0 Å². The first-order chi connectivity index (χ1) is 21.6. The van der Waals surface area contributed by atoms with Crippen LogP contribution >= 0.6 is 24.0 Å². The molecule has 1 heterocycles. The summed E-state index contributed by atoms with van der Waals surface area (Å²) in [6.07, 6.45) is 3.47. The maximum atomic E-state index is 13.3. The topological polar surface area (TPSA) is 113 Å². The lowest BCUT2D eigenvalue weighted by Gasteiger charge is -2.38. The van der Waals surface area contributed by atoms with Crippen molar-refractivity contribution >= 4 is 45.8 Å². The number of ether oxygens (including phenoxy) is 1. The summed E-state index contributed by atoms with van der Waals surface area (Å²) in [7, 11) is -2.04. The predicted octanol–water partition coefficient (Wildman–Crippen LogP) is 6.75. The molecule has 10 nitrogen and oxygen atoms in total. The third kappa shape index (κ3) is 10.0. The highest BCUT2D eigenvalue weighted by molar-refractivity contribution is 7.89. The van der Waals surface area contributed by atoms with Crippen LogP contribution in [0.2, 0.25) is 5.02 Å². The Morgan fingerprint density at radius 3 is 2.39 bits per heavy atom. The van der Waals surface area contributed by atoms with Crippen LogP contribution in [0.4, 0.5) is 10.5 Å². The van der Waals surface area contributed by atoms with Crippen molar-refractivity contribution in [1.82, 2.24) is 14.1 Å². The molecule has 1 aliphatic heterocycles. The Morgan fingerprint density at radius 2 is 1.78 bits per heavy atom. The molecular formula is C33H40Cl2N4O6S. The summed E-state index contributed by atoms with van der Waals surface area (Å²) in [6.45, 7) is 6.78. The van der Waals surface area contributed by atoms with Crippen LogP contribution < -0.4 is 0 Å². The number of nitrogens with zero attached hydrogens (tertiary/aromatic N) is 4. The molecule has 3 aromatic carbocycles. The van der Waals surface area contributed by atoms with Gasteiger partial charge in [-0.1, -0.05) is 48.0 Å². The number of hydrogen-bond donors (Lipinski definition) is 0. The Kier molecular flexibility index (Phi) is 14.0. The molecule has 4 rings (SSSR count). The van der Waals surface area contributed by atoms with Crippen molar-refractivity contribution < 1.29 is 22.9 Å². The quantitative estimate of drug-likeness (QED) is 0.104. The molecule has 1 fully saturated rings. The van der Waals surface area contributed by atoms with Gasteiger partial charge >= 0.3 is 6.09 Å². The molecule has 0 saturated carbocycles. The molecular weight excluding hydrogens is 651 g/mol. The van der Waals surface area contributed by atoms with E-state index in [1.165, 1.54) is 16.4 Å². The van der Waals surface area contributed by atoms with E-state index in [0.29, 0.717) is 23.7 Å². The van der Waals surface area contributed by atoms with Gasteiger partial charge in [-0.05, 0) is 79.3 Å². The lowest BCUT2D eigenvalue weighted by Crippen LogP contribution is -2.48. The molecule has 0 unspecified atom stereocenters. The maximum absolute atomic E-state index is 13.3. The van der Waals surface area contributed by atoms with Gasteiger partial charge in [0.05, 0.1) is 9.82 Å². The number of benzene rings is 3. The number of carbonyl (C=O) groups excluding carboxylic acids is 1. The van der Waals surface area contributed by atoms with Gasteiger partial charge in [-0.15, -0.1) is 19.0 Å². The molecule has 0 bridgehead atoms. The minimum absolute atomic E-state index is 0. The van der Waals surface area contributed by atoms with Crippen molar-refractivity contribution in [3.8, 4) is 0 Å². The van der Waals surface area contributed by atoms with E-state index in [0.717, 1.165) is 44.5 Å². The molecule has 0 N–H and O–H groups in total. The smallest absolute Gasteiger partial charge is 0.410 e. The highest BCUT2D eigenvalue weighted by Gasteiger charge is 2.30. The van der Waals surface area contributed by atoms with Gasteiger partial charge in [0.2, 0.25) is 10.0 Å². The van der Waals surface area contributed by atoms with Gasteiger partial charge in [-0.3, -0.25) is 10.1 Å². The second kappa shape index (κ2) is 17.4. The van der Waals surface area contributed by atoms with Crippen molar-refractivity contribution in [2.45, 2.75) is 42.7 Å². The molecule has 1 amide bonds. The van der Waals surface area contributed by atoms with Gasteiger partial charge in [0.25, 0.3) is 5.69 Å². The number of rotatable bonds is 14. The largest absolute Gasteiger partial charge is 0.445 e. The van der Waals surface area contributed by atoms with Crippen LogP contribution in [-0.4, -0.2) is 79.4 Å². The Morgan fingerprint density at radius 1 is 1.11 bits per heavy atom. The van der Waals surface area contributed by atoms with E-state index in [2.05, 4.69) is 11.5 Å². The van der Waals surface area contributed by atoms with E-state index in [1.807, 2.05) is 24.3 Å². The molecule has 1 aliphatic rings. The lowest BCUT2D eigenvalue weighted by atomic mass is 9.94. The molecule has 1 saturated heterocycles. The Balaban J connectivity index is 0.00000576. The molecule has 13 heteroatoms. The molecule has 46 heavy (non-hydrogen) atoms. The molecule has 0 aromatic heterocycles. The lowest BCUT2D eigenvalue weighted by molar-refractivity contribution is -0.384. The first-order valence-electron chi connectivity index (χ1n) is 14.8. The van der Waals surface area contributed by atoms with Gasteiger partial charge in [0.1, 0.15) is 6.61 Å². The second-order valence-electron chi connectivity index (χ2n) is 11.1. The summed E-state index contributed by atoms with van der Waals surface area (Å²) in [5.74, 6) is -0.0726. The zero-order valence-electron chi connectivity index (χ0n) is 25.7. The number of nitro groups is 1. The first-order valence-corrected chi connectivity index (χ1v) is 16.7. The van der Waals surface area contributed by atoms with E-state index in [9.17, 15) is 23.3 Å². The fourth-order valence-electron chi connectivity index (χ4n) is 5.55. The maximum Gasteiger partial charge on any atom is 0.410 e. The summed E-state index contributed by atoms with van der Waals surface area (Å²) < 4.78 is 33.5. The fourth-order valence-corrected chi connectivity index (χ4v) is 6.99. The van der Waals surface area contributed by atoms with Gasteiger partial charge < -0.3 is 14.5 Å². The van der Waals surface area contributed by atoms with Crippen LogP contribution in [0, 0.1) is 10.1 Å². The number of halogens is 2. The van der Waals surface area contributed by atoms with E-state index in [1.54, 1.807) is 60.5 Å². The monoisotopic (exact) mass is 690 g/mol. The average molecular weight is 692 g/mol. The number of piperidine rings is 1. The van der Waals surface area contributed by atoms with Crippen LogP contribution in [0.15, 0.2) is 96.4 Å². The van der Waals surface area contributed by atoms with Crippen molar-refractivity contribution in [2.75, 3.05) is 39.8 Å². The van der Waals surface area contributed by atoms with Crippen LogP contribution in [0.25, 0.3) is 0 Å². The molecule has 0 radical (unpaired) electrons. The SMILES string of the molecule is C=CCN(C(=O)OCc1ccc([N+](=O)[O-])cc1)C1CCN(CC[C@H](CN(C)S(=O)(=O)c2ccccc2)c2cccc(Cl)c2)CC1.Cl. The molecule has 248 valence electrons. The standard InChI is InChI=1S/C33H39ClN4O6S.ClH/c1-3-19-37(33(39)44-25-26-12-14-31(15-13-26)38(40)41)30-17-21-36(22-18-30)20-16-28(27-8-7-9-29(34)23-27)24-35(2)45(42,43)32-10-5-4-6-11-32;/h3-15,23,28,30H,1,16-22,24-25H2,2H3;1H/t28-;/m1./s1. The van der Waals surface area contributed by atoms with Crippen LogP contribution in [-0.2, 0) is 21.4 Å². The van der Waals surface area contributed by atoms with E-state index in [-0.39, 0.29) is 41.6 Å². The molecule has 1 atom stereocenters. The summed E-state index contributed by atoms with van der Waals surface area (Å²) in [5.41, 5.74) is 1.63. The molecule has 0 aliphatic carbocycles. The van der Waals surface area contributed by atoms with Gasteiger partial charge in [-0.25, -0.2) is 17.5 Å². The third-order valence-corrected chi connectivity index (χ3v) is 10.2. The number of carbonyl (C=O) groups is 1. The molecule has 0 spiro atoms. The van der Waals surface area contributed by atoms with Crippen LogP contribution in [0.1, 0.15) is 36.3 Å². The zero-order chi connectivity index (χ0) is 32.4. The zero-order valence-corrected chi connectivity index (χ0v) is 28.1. The number of hydrogen-bond acceptors (Lipinski definition) is 7. The number of sulfonamides is 1. The minimum atomic E-state index is -3.65. The van der Waals surface area contributed by atoms with E-state index in [4.69, 9.17) is 16.3 Å². The van der Waals surface area contributed by atoms with Crippen molar-refractivity contribution in [2.24, 2.45) is 0 Å². The van der Waals surface area contributed by atoms with Gasteiger partial charge in [0, 0.05) is 56.4 Å². The third-order valence-electron chi connectivity index (χ3n) is 8.11. The van der Waals surface area contributed by atoms with Crippen molar-refractivity contribution in [3.63, 3.8) is 0 Å². The normalized spacial score (nSPS) is 14.7. The predicted molar refractivity (Wildman–Crippen MR) is 182 cm³/mol. The van der Waals surface area contributed by atoms with Crippen LogP contribution in [0.3, 0.4) is 0 Å². The van der Waals surface area contributed by atoms with Gasteiger partial charge in [0.15, 0.2) is 0 Å². The van der Waals surface area contributed by atoms with Crippen LogP contribution in [0.5, 0.6) is 0 Å². The number of nitro benzene ring substituents is 1. The highest BCUT2D eigenvalue weighted by atomic mass is 35.5. The summed E-state index contributed by atoms with van der Waals surface area (Å²) in [4.78, 5) is 27.7. The number of amides is 1. The second-order valence-corrected chi connectivity index (χ2v) is 13.6. The summed E-state index contributed by atoms with van der Waals surface area (Å²) >= 11 is 6.32. The number of non-ortho nitro benzene ring substituents is 1. The Bertz CT molecular complexity index is 1550. The van der Waals surface area contributed by atoms with E-state index >= 15 is 0 Å². The van der Waals surface area contributed by atoms with Crippen molar-refractivity contribution in [1.29, 1.82) is 0 Å². The van der Waals surface area contributed by atoms with Gasteiger partial charge in [-0.2, -0.15) is 0 Å². The Hall–Kier alpha value is -3.48. The average Bonchev–Trinajstić information content (AvgIpc) is 3.05. The summed E-state index contributed by atoms with van der Waals surface area (Å²) in [5, 5.41) is 11.5. The first kappa shape index (κ1) is 37.0. The van der Waals surface area contributed by atoms with Crippen molar-refractivity contribution in [3.05, 3.63) is 118 Å². The number of likely N-dealkylation sites (tertiary alicyclic amines) is 1. The summed E-state index contributed by atoms with van der Waals surface area (Å²) in [6, 6.07) is 21.9. The molecule has 3 aromatic rings.